The first kappa shape index (κ1) is 30.4. The summed E-state index contributed by atoms with van der Waals surface area (Å²) in [6, 6.07) is 18.8. The number of aryl methyl sites for hydroxylation is 1. The van der Waals surface area contributed by atoms with Crippen molar-refractivity contribution in [3.8, 4) is 5.75 Å². The van der Waals surface area contributed by atoms with E-state index in [1.807, 2.05) is 25.1 Å². The molecule has 3 aromatic carbocycles. The SMILES string of the molecule is CCOc1cc(C)ccc1C1CCN(CCCCNC(=O)c2ccc(/C=C/c3ccc(C(F)(F)F)cc3)cc2)CC1. The maximum atomic E-state index is 12.7. The van der Waals surface area contributed by atoms with Crippen molar-refractivity contribution < 1.29 is 22.7 Å². The van der Waals surface area contributed by atoms with Gasteiger partial charge in [0.1, 0.15) is 5.75 Å². The molecule has 0 aliphatic carbocycles. The van der Waals surface area contributed by atoms with E-state index in [-0.39, 0.29) is 5.91 Å². The van der Waals surface area contributed by atoms with Gasteiger partial charge in [0.2, 0.25) is 0 Å². The Balaban J connectivity index is 1.14. The summed E-state index contributed by atoms with van der Waals surface area (Å²) >= 11 is 0. The van der Waals surface area contributed by atoms with Crippen molar-refractivity contribution in [2.45, 2.75) is 51.6 Å². The molecule has 41 heavy (non-hydrogen) atoms. The summed E-state index contributed by atoms with van der Waals surface area (Å²) < 4.78 is 44.0. The zero-order valence-electron chi connectivity index (χ0n) is 23.8. The summed E-state index contributed by atoms with van der Waals surface area (Å²) in [7, 11) is 0. The van der Waals surface area contributed by atoms with Crippen LogP contribution in [0, 0.1) is 6.92 Å². The van der Waals surface area contributed by atoms with Crippen LogP contribution in [0.25, 0.3) is 12.2 Å². The Kier molecular flexibility index (Phi) is 10.6. The lowest BCUT2D eigenvalue weighted by Gasteiger charge is -2.33. The Hall–Kier alpha value is -3.58. The topological polar surface area (TPSA) is 41.6 Å². The Morgan fingerprint density at radius 2 is 1.59 bits per heavy atom. The predicted molar refractivity (Wildman–Crippen MR) is 159 cm³/mol. The van der Waals surface area contributed by atoms with E-state index in [1.165, 1.54) is 23.3 Å². The minimum Gasteiger partial charge on any atom is -0.494 e. The maximum Gasteiger partial charge on any atom is 0.416 e. The van der Waals surface area contributed by atoms with Crippen molar-refractivity contribution in [1.29, 1.82) is 0 Å². The number of piperidine rings is 1. The molecule has 1 N–H and O–H groups in total. The lowest BCUT2D eigenvalue weighted by Crippen LogP contribution is -2.34. The smallest absolute Gasteiger partial charge is 0.416 e. The quantitative estimate of drug-likeness (QED) is 0.190. The zero-order chi connectivity index (χ0) is 29.2. The summed E-state index contributed by atoms with van der Waals surface area (Å²) in [6.07, 6.45) is 3.45. The number of rotatable bonds is 11. The van der Waals surface area contributed by atoms with Crippen molar-refractivity contribution in [2.75, 3.05) is 32.8 Å². The number of carbonyl (C=O) groups excluding carboxylic acids is 1. The molecule has 0 bridgehead atoms. The molecule has 1 heterocycles. The number of hydrogen-bond acceptors (Lipinski definition) is 3. The Morgan fingerprint density at radius 1 is 0.951 bits per heavy atom. The van der Waals surface area contributed by atoms with Crippen LogP contribution in [0.1, 0.15) is 76.7 Å². The van der Waals surface area contributed by atoms with Crippen molar-refractivity contribution in [2.24, 2.45) is 0 Å². The van der Waals surface area contributed by atoms with E-state index in [2.05, 4.69) is 35.3 Å². The van der Waals surface area contributed by atoms with E-state index in [1.54, 1.807) is 18.2 Å². The number of benzene rings is 3. The van der Waals surface area contributed by atoms with Crippen LogP contribution in [0.2, 0.25) is 0 Å². The van der Waals surface area contributed by atoms with E-state index in [0.717, 1.165) is 68.8 Å². The highest BCUT2D eigenvalue weighted by Gasteiger charge is 2.29. The van der Waals surface area contributed by atoms with Gasteiger partial charge >= 0.3 is 6.18 Å². The highest BCUT2D eigenvalue weighted by atomic mass is 19.4. The second kappa shape index (κ2) is 14.4. The predicted octanol–water partition coefficient (Wildman–Crippen LogP) is 7.97. The molecule has 4 nitrogen and oxygen atoms in total. The zero-order valence-corrected chi connectivity index (χ0v) is 23.8. The number of carbonyl (C=O) groups is 1. The van der Waals surface area contributed by atoms with Crippen LogP contribution in [0.3, 0.4) is 0 Å². The van der Waals surface area contributed by atoms with Gasteiger partial charge in [-0.15, -0.1) is 0 Å². The lowest BCUT2D eigenvalue weighted by molar-refractivity contribution is -0.137. The molecular weight excluding hydrogens is 525 g/mol. The monoisotopic (exact) mass is 564 g/mol. The minimum atomic E-state index is -4.34. The van der Waals surface area contributed by atoms with Gasteiger partial charge in [-0.1, -0.05) is 48.6 Å². The molecule has 7 heteroatoms. The second-order valence-corrected chi connectivity index (χ2v) is 10.6. The van der Waals surface area contributed by atoms with Crippen LogP contribution < -0.4 is 10.1 Å². The molecule has 1 fully saturated rings. The number of amides is 1. The minimum absolute atomic E-state index is 0.104. The highest BCUT2D eigenvalue weighted by Crippen LogP contribution is 2.35. The average molecular weight is 565 g/mol. The first-order valence-electron chi connectivity index (χ1n) is 14.4. The van der Waals surface area contributed by atoms with Crippen molar-refractivity contribution in [1.82, 2.24) is 10.2 Å². The van der Waals surface area contributed by atoms with Gasteiger partial charge < -0.3 is 15.0 Å². The number of unbranched alkanes of at least 4 members (excludes halogenated alkanes) is 1. The number of ether oxygens (including phenoxy) is 1. The van der Waals surface area contributed by atoms with Crippen LogP contribution in [-0.4, -0.2) is 43.6 Å². The van der Waals surface area contributed by atoms with Crippen LogP contribution in [0.15, 0.2) is 66.7 Å². The molecule has 0 aromatic heterocycles. The molecule has 1 saturated heterocycles. The van der Waals surface area contributed by atoms with E-state index < -0.39 is 11.7 Å². The van der Waals surface area contributed by atoms with Gasteiger partial charge in [0.15, 0.2) is 0 Å². The maximum absolute atomic E-state index is 12.7. The van der Waals surface area contributed by atoms with Gasteiger partial charge in [0.25, 0.3) is 5.91 Å². The molecule has 0 unspecified atom stereocenters. The van der Waals surface area contributed by atoms with Crippen LogP contribution in [-0.2, 0) is 6.18 Å². The van der Waals surface area contributed by atoms with Gasteiger partial charge in [-0.05, 0) is 118 Å². The molecule has 0 atom stereocenters. The summed E-state index contributed by atoms with van der Waals surface area (Å²) in [4.78, 5) is 15.1. The standard InChI is InChI=1S/C34H39F3N2O2/c1-3-41-32-24-25(2)6-17-31(32)28-18-22-39(23-19-28)21-5-4-20-38-33(40)29-13-9-26(10-14-29)7-8-27-11-15-30(16-12-27)34(35,36)37/h6-17,24,28H,3-5,18-23H2,1-2H3,(H,38,40)/b8-7+. The third-order valence-electron chi connectivity index (χ3n) is 7.56. The largest absolute Gasteiger partial charge is 0.494 e. The van der Waals surface area contributed by atoms with E-state index >= 15 is 0 Å². The molecule has 0 spiro atoms. The summed E-state index contributed by atoms with van der Waals surface area (Å²) in [6.45, 7) is 8.64. The van der Waals surface area contributed by atoms with Crippen LogP contribution in [0.4, 0.5) is 13.2 Å². The number of nitrogens with zero attached hydrogens (tertiary/aromatic N) is 1. The van der Waals surface area contributed by atoms with Gasteiger partial charge in [-0.25, -0.2) is 0 Å². The molecular formula is C34H39F3N2O2. The van der Waals surface area contributed by atoms with Crippen LogP contribution in [0.5, 0.6) is 5.75 Å². The van der Waals surface area contributed by atoms with Gasteiger partial charge in [-0.2, -0.15) is 13.2 Å². The Labute approximate surface area is 241 Å². The first-order chi connectivity index (χ1) is 19.7. The van der Waals surface area contributed by atoms with E-state index in [4.69, 9.17) is 4.74 Å². The van der Waals surface area contributed by atoms with Crippen molar-refractivity contribution in [3.05, 3.63) is 100 Å². The molecule has 4 rings (SSSR count). The fourth-order valence-electron chi connectivity index (χ4n) is 5.21. The summed E-state index contributed by atoms with van der Waals surface area (Å²) in [5.41, 5.74) is 4.02. The van der Waals surface area contributed by atoms with E-state index in [0.29, 0.717) is 30.2 Å². The third-order valence-corrected chi connectivity index (χ3v) is 7.56. The summed E-state index contributed by atoms with van der Waals surface area (Å²) in [5.74, 6) is 1.47. The number of alkyl halides is 3. The Bertz CT molecular complexity index is 1290. The Morgan fingerprint density at radius 3 is 2.20 bits per heavy atom. The second-order valence-electron chi connectivity index (χ2n) is 10.6. The normalized spacial score (nSPS) is 14.9. The van der Waals surface area contributed by atoms with Crippen molar-refractivity contribution in [3.63, 3.8) is 0 Å². The van der Waals surface area contributed by atoms with Gasteiger partial charge in [0, 0.05) is 12.1 Å². The molecule has 0 saturated carbocycles. The number of likely N-dealkylation sites (tertiary alicyclic amines) is 1. The first-order valence-corrected chi connectivity index (χ1v) is 14.4. The molecule has 3 aromatic rings. The number of halogens is 3. The molecule has 1 amide bonds. The fourth-order valence-corrected chi connectivity index (χ4v) is 5.21. The van der Waals surface area contributed by atoms with Gasteiger partial charge in [0.05, 0.1) is 12.2 Å². The molecule has 218 valence electrons. The molecule has 0 radical (unpaired) electrons. The van der Waals surface area contributed by atoms with E-state index in [9.17, 15) is 18.0 Å². The fraction of sp³-hybridized carbons (Fsp3) is 0.382. The number of hydrogen-bond donors (Lipinski definition) is 1. The molecule has 1 aliphatic heterocycles. The van der Waals surface area contributed by atoms with Crippen molar-refractivity contribution >= 4 is 18.1 Å². The third kappa shape index (κ3) is 8.95. The lowest BCUT2D eigenvalue weighted by atomic mass is 9.88. The van der Waals surface area contributed by atoms with Crippen LogP contribution >= 0.6 is 0 Å². The average Bonchev–Trinajstić information content (AvgIpc) is 2.96. The highest BCUT2D eigenvalue weighted by molar-refractivity contribution is 5.94. The summed E-state index contributed by atoms with van der Waals surface area (Å²) in [5, 5.41) is 3.00. The van der Waals surface area contributed by atoms with Gasteiger partial charge in [-0.3, -0.25) is 4.79 Å². The molecule has 1 aliphatic rings. The number of nitrogens with one attached hydrogen (secondary N) is 1.